The molecule has 2 aromatic rings. The molecule has 0 saturated carbocycles. The Bertz CT molecular complexity index is 726. The van der Waals surface area contributed by atoms with Gasteiger partial charge in [-0.25, -0.2) is 9.67 Å². The molecule has 2 rings (SSSR count). The van der Waals surface area contributed by atoms with Crippen LogP contribution in [0.4, 0.5) is 5.69 Å². The van der Waals surface area contributed by atoms with Crippen LogP contribution in [0.25, 0.3) is 5.69 Å². The molecule has 0 spiro atoms. The number of aromatic nitrogens is 2. The van der Waals surface area contributed by atoms with Gasteiger partial charge in [0.2, 0.25) is 5.96 Å². The molecule has 0 fully saturated rings. The summed E-state index contributed by atoms with van der Waals surface area (Å²) >= 11 is 6.18. The molecule has 0 bridgehead atoms. The molecule has 1 aromatic heterocycles. The highest BCUT2D eigenvalue weighted by molar-refractivity contribution is 6.31. The van der Waals surface area contributed by atoms with Gasteiger partial charge in [0, 0.05) is 0 Å². The van der Waals surface area contributed by atoms with Crippen LogP contribution >= 0.6 is 11.6 Å². The topological polar surface area (TPSA) is 121 Å². The maximum atomic E-state index is 6.18. The molecule has 110 valence electrons. The number of para-hydroxylation sites is 2. The molecule has 0 saturated heterocycles. The van der Waals surface area contributed by atoms with E-state index in [9.17, 15) is 0 Å². The van der Waals surface area contributed by atoms with Gasteiger partial charge in [0.15, 0.2) is 5.96 Å². The van der Waals surface area contributed by atoms with Crippen LogP contribution in [0.3, 0.4) is 0 Å². The van der Waals surface area contributed by atoms with E-state index in [4.69, 9.17) is 28.8 Å². The molecule has 0 atom stereocenters. The van der Waals surface area contributed by atoms with Crippen LogP contribution in [0.2, 0.25) is 5.02 Å². The van der Waals surface area contributed by atoms with Gasteiger partial charge < -0.3 is 17.2 Å². The summed E-state index contributed by atoms with van der Waals surface area (Å²) in [6.07, 6.45) is 0. The second kappa shape index (κ2) is 5.84. The minimum atomic E-state index is -0.150. The number of halogens is 1. The van der Waals surface area contributed by atoms with Gasteiger partial charge >= 0.3 is 0 Å². The summed E-state index contributed by atoms with van der Waals surface area (Å²) in [6, 6.07) is 7.35. The Balaban J connectivity index is 2.56. The van der Waals surface area contributed by atoms with Crippen molar-refractivity contribution in [1.29, 1.82) is 0 Å². The van der Waals surface area contributed by atoms with E-state index in [1.54, 1.807) is 10.7 Å². The molecule has 21 heavy (non-hydrogen) atoms. The maximum absolute atomic E-state index is 6.18. The number of hydrogen-bond acceptors (Lipinski definition) is 2. The van der Waals surface area contributed by atoms with Crippen LogP contribution in [0.5, 0.6) is 0 Å². The largest absolute Gasteiger partial charge is 0.370 e. The van der Waals surface area contributed by atoms with Crippen LogP contribution in [0.1, 0.15) is 11.4 Å². The zero-order valence-electron chi connectivity index (χ0n) is 11.7. The second-order valence-corrected chi connectivity index (χ2v) is 4.77. The van der Waals surface area contributed by atoms with Crippen LogP contribution in [-0.2, 0) is 0 Å². The van der Waals surface area contributed by atoms with Gasteiger partial charge in [-0.2, -0.15) is 10.1 Å². The molecule has 0 aliphatic heterocycles. The molecular weight excluding hydrogens is 290 g/mol. The van der Waals surface area contributed by atoms with Crippen LogP contribution < -0.4 is 17.2 Å². The normalized spacial score (nSPS) is 11.5. The number of hydrogen-bond donors (Lipinski definition) is 3. The Morgan fingerprint density at radius 1 is 1.19 bits per heavy atom. The summed E-state index contributed by atoms with van der Waals surface area (Å²) in [6.45, 7) is 3.72. The van der Waals surface area contributed by atoms with Crippen LogP contribution in [0, 0.1) is 13.8 Å². The summed E-state index contributed by atoms with van der Waals surface area (Å²) in [4.78, 5) is 7.90. The first-order valence-corrected chi connectivity index (χ1v) is 6.53. The van der Waals surface area contributed by atoms with Crippen molar-refractivity contribution in [1.82, 2.24) is 9.78 Å². The molecule has 1 aromatic carbocycles. The van der Waals surface area contributed by atoms with E-state index in [0.717, 1.165) is 17.1 Å². The third-order valence-electron chi connectivity index (χ3n) is 2.79. The Kier molecular flexibility index (Phi) is 4.13. The Morgan fingerprint density at radius 3 is 2.43 bits per heavy atom. The van der Waals surface area contributed by atoms with Crippen molar-refractivity contribution in [3.63, 3.8) is 0 Å². The van der Waals surface area contributed by atoms with Crippen molar-refractivity contribution in [2.24, 2.45) is 27.2 Å². The smallest absolute Gasteiger partial charge is 0.223 e. The Morgan fingerprint density at radius 2 is 1.86 bits per heavy atom. The van der Waals surface area contributed by atoms with Crippen molar-refractivity contribution in [2.75, 3.05) is 0 Å². The Hall–Kier alpha value is -2.54. The number of aryl methyl sites for hydroxylation is 1. The first-order chi connectivity index (χ1) is 9.90. The fraction of sp³-hybridized carbons (Fsp3) is 0.154. The van der Waals surface area contributed by atoms with Gasteiger partial charge in [0.05, 0.1) is 27.8 Å². The van der Waals surface area contributed by atoms with Gasteiger partial charge in [-0.15, -0.1) is 0 Å². The predicted molar refractivity (Wildman–Crippen MR) is 85.1 cm³/mol. The summed E-state index contributed by atoms with van der Waals surface area (Å²) in [5.74, 6) is -0.182. The molecule has 1 heterocycles. The summed E-state index contributed by atoms with van der Waals surface area (Å²) in [7, 11) is 0. The molecule has 0 unspecified atom stereocenters. The monoisotopic (exact) mass is 305 g/mol. The lowest BCUT2D eigenvalue weighted by molar-refractivity contribution is 0.834. The minimum absolute atomic E-state index is 0.0323. The van der Waals surface area contributed by atoms with Crippen molar-refractivity contribution in [3.05, 3.63) is 40.7 Å². The molecule has 0 amide bonds. The third kappa shape index (κ3) is 3.14. The van der Waals surface area contributed by atoms with E-state index in [0.29, 0.717) is 10.7 Å². The van der Waals surface area contributed by atoms with Crippen molar-refractivity contribution in [3.8, 4) is 5.69 Å². The lowest BCUT2D eigenvalue weighted by Gasteiger charge is -2.08. The average Bonchev–Trinajstić information content (AvgIpc) is 2.66. The van der Waals surface area contributed by atoms with Crippen molar-refractivity contribution < 1.29 is 0 Å². The highest BCUT2D eigenvalue weighted by Gasteiger charge is 2.13. The van der Waals surface area contributed by atoms with E-state index in [1.165, 1.54) is 0 Å². The molecular formula is C13H16ClN7. The highest BCUT2D eigenvalue weighted by atomic mass is 35.5. The number of nitrogens with two attached hydrogens (primary N) is 3. The van der Waals surface area contributed by atoms with E-state index in [1.807, 2.05) is 32.0 Å². The standard InChI is InChI=1S/C13H16ClN7/c1-7-11(14)8(2)21(20-7)10-6-4-3-5-9(10)18-13(17)19-12(15)16/h3-6H,1-2H3,(H6,15,16,17,18,19). The molecule has 6 N–H and O–H groups in total. The zero-order valence-corrected chi connectivity index (χ0v) is 12.5. The van der Waals surface area contributed by atoms with E-state index in [-0.39, 0.29) is 11.9 Å². The van der Waals surface area contributed by atoms with Crippen LogP contribution in [-0.4, -0.2) is 21.7 Å². The summed E-state index contributed by atoms with van der Waals surface area (Å²) in [5, 5.41) is 5.01. The summed E-state index contributed by atoms with van der Waals surface area (Å²) in [5.41, 5.74) is 19.1. The number of guanidine groups is 2. The van der Waals surface area contributed by atoms with Gasteiger partial charge in [-0.3, -0.25) is 0 Å². The lowest BCUT2D eigenvalue weighted by atomic mass is 10.2. The molecule has 7 nitrogen and oxygen atoms in total. The predicted octanol–water partition coefficient (Wildman–Crippen LogP) is 1.36. The second-order valence-electron chi connectivity index (χ2n) is 4.39. The zero-order chi connectivity index (χ0) is 15.6. The van der Waals surface area contributed by atoms with Gasteiger partial charge in [0.1, 0.15) is 0 Å². The fourth-order valence-corrected chi connectivity index (χ4v) is 1.99. The molecule has 8 heteroatoms. The fourth-order valence-electron chi connectivity index (χ4n) is 1.88. The first kappa shape index (κ1) is 14.9. The number of nitrogens with zero attached hydrogens (tertiary/aromatic N) is 4. The highest BCUT2D eigenvalue weighted by Crippen LogP contribution is 2.28. The van der Waals surface area contributed by atoms with Gasteiger partial charge in [0.25, 0.3) is 0 Å². The number of aliphatic imine (C=N–C) groups is 2. The molecule has 0 aliphatic rings. The van der Waals surface area contributed by atoms with Crippen LogP contribution in [0.15, 0.2) is 34.3 Å². The lowest BCUT2D eigenvalue weighted by Crippen LogP contribution is -2.26. The average molecular weight is 306 g/mol. The van der Waals surface area contributed by atoms with E-state index in [2.05, 4.69) is 15.1 Å². The quantitative estimate of drug-likeness (QED) is 0.573. The van der Waals surface area contributed by atoms with E-state index >= 15 is 0 Å². The SMILES string of the molecule is Cc1nn(-c2ccccc2N=C(N)N=C(N)N)c(C)c1Cl. The third-order valence-corrected chi connectivity index (χ3v) is 3.34. The Labute approximate surface area is 127 Å². The van der Waals surface area contributed by atoms with E-state index < -0.39 is 0 Å². The maximum Gasteiger partial charge on any atom is 0.223 e. The minimum Gasteiger partial charge on any atom is -0.370 e. The molecule has 0 radical (unpaired) electrons. The summed E-state index contributed by atoms with van der Waals surface area (Å²) < 4.78 is 1.71. The van der Waals surface area contributed by atoms with Crippen molar-refractivity contribution >= 4 is 29.2 Å². The number of benzene rings is 1. The first-order valence-electron chi connectivity index (χ1n) is 6.15. The molecule has 0 aliphatic carbocycles. The number of rotatable bonds is 2. The van der Waals surface area contributed by atoms with Crippen molar-refractivity contribution in [2.45, 2.75) is 13.8 Å². The van der Waals surface area contributed by atoms with Gasteiger partial charge in [-0.1, -0.05) is 23.7 Å². The van der Waals surface area contributed by atoms with Gasteiger partial charge in [-0.05, 0) is 26.0 Å².